The highest BCUT2D eigenvalue weighted by atomic mass is 19.4. The zero-order valence-corrected chi connectivity index (χ0v) is 85.8. The molecule has 0 radical (unpaired) electrons. The average Bonchev–Trinajstić information content (AvgIpc) is 1.52. The zero-order chi connectivity index (χ0) is 108. The van der Waals surface area contributed by atoms with Crippen molar-refractivity contribution >= 4 is 105 Å². The molecule has 11 rings (SSSR count). The van der Waals surface area contributed by atoms with Gasteiger partial charge >= 0.3 is 79.1 Å². The normalized spacial score (nSPS) is 17.5. The maximum absolute atomic E-state index is 13.1. The molecule has 0 aliphatic carbocycles. The number of ether oxygens (including phenoxy) is 12. The first kappa shape index (κ1) is 122. The van der Waals surface area contributed by atoms with E-state index in [0.29, 0.717) is 51.4 Å². The molecule has 0 bridgehead atoms. The standard InChI is InChI=1S/C24H32N2O4.C19H24N2O2.C19H33NO7.C14H24FNO4.C10H18O5.C9H8N2.C3F3N3.C2HF3O2/c1-16(21(27)15-17-10-11-19-18(14-17)8-6-12-25-19)22(29-5)20-9-7-13-26(20)23(28)30-24(2,3)4;1-13(19(23-2)17-6-4-10-21-17)18(22)12-14-7-8-16-15(11-14)5-3-9-20-16;1-12(15(21)25-17(23)27-19(5,6)7)14(24-8)13-10-9-11-20(13)16(22)26-18(2,3)4;1-9(12(15)17)11(19-5)10-7-6-8-16(10)13(18)20-14(2,3)4;1-9(2,3)14-7(11)13-8(12)15-10(4,5)6;10-8-3-4-9-7(6-8)2-1-5-11-9;4-1-7-2(5)9-3(6)8-1;3-2(4,5)1(6)7/h6,8,10-12,14,16,20,22H,7,9,13,15H2,1-5H3;3,5,7-9,11,13,17,19,21H,4,6,10,12H2,1-2H3;12-14H,9-11H2,1-8H3;9-11H,6-8H2,1-5H3;1-6H3;1-6H,10H2;;(H,6,7)/t16-,20-,22+;13-,17-,19+;12-,13+,14-;9-,10+,11-;;;;/m0011..../s1. The number of likely N-dealkylation sites (tertiary alicyclic amines) is 3. The zero-order valence-electron chi connectivity index (χ0n) is 85.8. The van der Waals surface area contributed by atoms with Crippen LogP contribution in [0.3, 0.4) is 0 Å². The number of aromatic nitrogens is 6. The molecule has 35 nitrogen and oxygen atoms in total. The van der Waals surface area contributed by atoms with Crippen molar-refractivity contribution in [2.24, 2.45) is 23.7 Å². The van der Waals surface area contributed by atoms with Crippen LogP contribution in [-0.4, -0.2) is 259 Å². The van der Waals surface area contributed by atoms with Gasteiger partial charge in [0, 0.05) is 119 Å². The van der Waals surface area contributed by atoms with E-state index in [1.807, 2.05) is 120 Å². The maximum Gasteiger partial charge on any atom is 0.519 e. The number of carbonyl (C=O) groups excluding carboxylic acids is 10. The van der Waals surface area contributed by atoms with Crippen LogP contribution in [0.5, 0.6) is 0 Å². The fourth-order valence-electron chi connectivity index (χ4n) is 15.1. The first-order chi connectivity index (χ1) is 65.8. The van der Waals surface area contributed by atoms with Crippen molar-refractivity contribution in [3.8, 4) is 0 Å². The van der Waals surface area contributed by atoms with Crippen molar-refractivity contribution in [3.63, 3.8) is 0 Å². The molecule has 3 aromatic carbocycles. The molecule has 142 heavy (non-hydrogen) atoms. The number of nitrogens with two attached hydrogens (primary N) is 1. The number of rotatable bonds is 20. The summed E-state index contributed by atoms with van der Waals surface area (Å²) in [5, 5.41) is 13.8. The fraction of sp³-hybridized carbons (Fsp3) is 0.590. The van der Waals surface area contributed by atoms with Gasteiger partial charge in [-0.2, -0.15) is 45.7 Å². The number of carboxylic acid groups (broad SMARTS) is 1. The lowest BCUT2D eigenvalue weighted by Crippen LogP contribution is -2.49. The van der Waals surface area contributed by atoms with E-state index in [1.165, 1.54) is 21.1 Å². The second kappa shape index (κ2) is 55.6. The number of methoxy groups -OCH3 is 4. The monoisotopic (exact) mass is 2010 g/mol. The molecule has 4 aromatic heterocycles. The number of pyridine rings is 3. The Hall–Kier alpha value is -12.0. The van der Waals surface area contributed by atoms with Crippen molar-refractivity contribution < 1.29 is 145 Å². The Kier molecular flexibility index (Phi) is 47.9. The Bertz CT molecular complexity index is 5210. The number of hydrogen-bond acceptors (Lipinski definition) is 31. The highest BCUT2D eigenvalue weighted by molar-refractivity contribution is 5.88. The van der Waals surface area contributed by atoms with Crippen LogP contribution in [0.4, 0.5) is 65.2 Å². The van der Waals surface area contributed by atoms with Crippen molar-refractivity contribution in [2.45, 2.75) is 305 Å². The summed E-state index contributed by atoms with van der Waals surface area (Å²) in [4.78, 5) is 154. The summed E-state index contributed by atoms with van der Waals surface area (Å²) in [5.74, 6) is -5.30. The number of benzene rings is 3. The van der Waals surface area contributed by atoms with Crippen LogP contribution >= 0.6 is 0 Å². The Morgan fingerprint density at radius 3 is 1.02 bits per heavy atom. The number of ketones is 2. The third-order valence-electron chi connectivity index (χ3n) is 21.3. The Morgan fingerprint density at radius 1 is 0.415 bits per heavy atom. The van der Waals surface area contributed by atoms with Gasteiger partial charge in [0.15, 0.2) is 0 Å². The number of fused-ring (bicyclic) bond motifs is 3. The Balaban J connectivity index is 0.000000350. The first-order valence-electron chi connectivity index (χ1n) is 46.3. The van der Waals surface area contributed by atoms with E-state index in [1.54, 1.807) is 158 Å². The van der Waals surface area contributed by atoms with E-state index in [2.05, 4.69) is 46.0 Å². The molecule has 42 heteroatoms. The van der Waals surface area contributed by atoms with Gasteiger partial charge in [0.2, 0.25) is 0 Å². The molecule has 4 aliphatic heterocycles. The fourth-order valence-corrected chi connectivity index (χ4v) is 15.1. The molecule has 8 heterocycles. The lowest BCUT2D eigenvalue weighted by atomic mass is 9.89. The number of aliphatic carboxylic acids is 1. The van der Waals surface area contributed by atoms with Crippen LogP contribution < -0.4 is 11.1 Å². The summed E-state index contributed by atoms with van der Waals surface area (Å²) in [6.45, 7) is 41.0. The number of halogens is 7. The number of nitrogens with zero attached hydrogens (tertiary/aromatic N) is 9. The summed E-state index contributed by atoms with van der Waals surface area (Å²) in [5.41, 5.74) is 7.32. The number of esters is 1. The topological polar surface area (TPSA) is 444 Å². The molecule has 788 valence electrons. The van der Waals surface area contributed by atoms with Gasteiger partial charge in [0.25, 0.3) is 0 Å². The predicted molar refractivity (Wildman–Crippen MR) is 511 cm³/mol. The van der Waals surface area contributed by atoms with Crippen LogP contribution in [0.1, 0.15) is 215 Å². The Morgan fingerprint density at radius 2 is 0.718 bits per heavy atom. The van der Waals surface area contributed by atoms with Crippen LogP contribution in [0, 0.1) is 41.9 Å². The minimum absolute atomic E-state index is 0.0490. The average molecular weight is 2010 g/mol. The number of Topliss-reactive ketones (excluding diaryl/α,β-unsaturated/α-hetero) is 2. The molecule has 4 fully saturated rings. The van der Waals surface area contributed by atoms with E-state index >= 15 is 0 Å². The van der Waals surface area contributed by atoms with Gasteiger partial charge in [-0.05, 0) is 261 Å². The number of anilines is 1. The van der Waals surface area contributed by atoms with Crippen LogP contribution in [0.2, 0.25) is 0 Å². The van der Waals surface area contributed by atoms with Crippen LogP contribution in [-0.2, 0) is 93.7 Å². The number of amides is 3. The number of alkyl halides is 3. The van der Waals surface area contributed by atoms with Gasteiger partial charge in [0.1, 0.15) is 45.2 Å². The number of nitrogen functional groups attached to an aromatic ring is 1. The van der Waals surface area contributed by atoms with Crippen molar-refractivity contribution in [2.75, 3.05) is 60.4 Å². The highest BCUT2D eigenvalue weighted by Gasteiger charge is 2.46. The summed E-state index contributed by atoms with van der Waals surface area (Å²) in [6.07, 6.45) is -2.64. The SMILES string of the molecule is CC(C)(C)OC(=O)OC(=O)OC(C)(C)C.CO[C@@H]([C@@H]1CCCN1)[C@@H](C)C(=O)Cc1ccc2ncccc2c1.CO[C@H]([C@@H](C)C(=O)Cc1ccc2ncccc2c1)[C@@H]1CCCN1C(=O)OC(C)(C)C.CO[C@H]([C@@H](C)C(=O)F)[C@@H]1CCCN1C(=O)OC(C)(C)C.CO[C@H]([C@@H](C)C(=O)OC(=O)OC(C)(C)C)[C@@H]1CCCN1C(=O)OC(C)(C)C.Fc1nc(F)nc(F)n1.Nc1ccc2ncccc2c1.O=C(O)C(F)(F)F. The molecule has 0 saturated carbocycles. The van der Waals surface area contributed by atoms with E-state index in [9.17, 15) is 78.7 Å². The van der Waals surface area contributed by atoms with Crippen molar-refractivity contribution in [1.82, 2.24) is 49.9 Å². The minimum atomic E-state index is -5.08. The van der Waals surface area contributed by atoms with Gasteiger partial charge in [-0.3, -0.25) is 34.1 Å². The Labute approximate surface area is 824 Å². The number of hydrogen-bond donors (Lipinski definition) is 3. The molecule has 3 amide bonds. The van der Waals surface area contributed by atoms with Crippen molar-refractivity contribution in [3.05, 3.63) is 139 Å². The van der Waals surface area contributed by atoms with Gasteiger partial charge in [0.05, 0.1) is 70.9 Å². The molecule has 4 saturated heterocycles. The van der Waals surface area contributed by atoms with Gasteiger partial charge in [-0.25, -0.2) is 33.6 Å². The predicted octanol–water partition coefficient (Wildman–Crippen LogP) is 18.8. The molecular weight excluding hydrogens is 1870 g/mol. The van der Waals surface area contributed by atoms with Crippen molar-refractivity contribution in [1.29, 1.82) is 0 Å². The summed E-state index contributed by atoms with van der Waals surface area (Å²) in [7, 11) is 6.21. The van der Waals surface area contributed by atoms with Crippen LogP contribution in [0.15, 0.2) is 110 Å². The third kappa shape index (κ3) is 43.8. The summed E-state index contributed by atoms with van der Waals surface area (Å²) in [6, 6.07) is 27.4. The highest BCUT2D eigenvalue weighted by Crippen LogP contribution is 2.34. The molecule has 12 atom stereocenters. The van der Waals surface area contributed by atoms with E-state index in [-0.39, 0.29) is 59.8 Å². The van der Waals surface area contributed by atoms with E-state index < -0.39 is 131 Å². The summed E-state index contributed by atoms with van der Waals surface area (Å²) < 4.78 is 142. The van der Waals surface area contributed by atoms with Gasteiger partial charge < -0.3 is 87.7 Å². The third-order valence-corrected chi connectivity index (χ3v) is 21.3. The first-order valence-corrected chi connectivity index (χ1v) is 46.3. The molecule has 0 unspecified atom stereocenters. The quantitative estimate of drug-likeness (QED) is 0.0159. The number of nitrogens with one attached hydrogen (secondary N) is 1. The summed E-state index contributed by atoms with van der Waals surface area (Å²) >= 11 is 0. The molecular formula is C100H140F7N11O24. The van der Waals surface area contributed by atoms with Gasteiger partial charge in [-0.1, -0.05) is 51.1 Å². The number of carboxylic acids is 1. The largest absolute Gasteiger partial charge is 0.519 e. The lowest BCUT2D eigenvalue weighted by molar-refractivity contribution is -0.192. The smallest absolute Gasteiger partial charge is 0.475 e. The molecule has 4 aliphatic rings. The maximum atomic E-state index is 13.1. The van der Waals surface area contributed by atoms with Crippen LogP contribution in [0.25, 0.3) is 32.7 Å². The minimum Gasteiger partial charge on any atom is -0.475 e. The number of carbonyl (C=O) groups is 11. The molecule has 7 aromatic rings. The van der Waals surface area contributed by atoms with E-state index in [4.69, 9.17) is 67.7 Å². The van der Waals surface area contributed by atoms with Gasteiger partial charge in [-0.15, -0.1) is 0 Å². The second-order valence-electron chi connectivity index (χ2n) is 39.8. The second-order valence-corrected chi connectivity index (χ2v) is 39.8. The van der Waals surface area contributed by atoms with E-state index in [0.717, 1.165) is 94.6 Å². The molecule has 4 N–H and O–H groups in total. The molecule has 0 spiro atoms. The lowest BCUT2D eigenvalue weighted by Gasteiger charge is -2.34.